The van der Waals surface area contributed by atoms with Gasteiger partial charge in [-0.3, -0.25) is 0 Å². The molecule has 14 aromatic rings. The topological polar surface area (TPSA) is 26.3 Å². The number of hydrogen-bond donors (Lipinski definition) is 0. The zero-order valence-corrected chi connectivity index (χ0v) is 35.4. The molecular weight excluding hydrogens is 798 g/mol. The summed E-state index contributed by atoms with van der Waals surface area (Å²) in [5, 5.41) is 17.2. The number of furan rings is 2. The Kier molecular flexibility index (Phi) is 7.17. The molecule has 0 aliphatic heterocycles. The van der Waals surface area contributed by atoms with E-state index in [9.17, 15) is 0 Å². The lowest BCUT2D eigenvalue weighted by Gasteiger charge is -2.19. The smallest absolute Gasteiger partial charge is 0.136 e. The molecule has 0 N–H and O–H groups in total. The molecule has 2 aliphatic rings. The van der Waals surface area contributed by atoms with Gasteiger partial charge >= 0.3 is 0 Å². The predicted octanol–water partition coefficient (Wildman–Crippen LogP) is 17.1. The Balaban J connectivity index is 0.00000198. The van der Waals surface area contributed by atoms with Gasteiger partial charge in [-0.05, 0) is 181 Å². The van der Waals surface area contributed by atoms with Crippen LogP contribution in [0.5, 0.6) is 0 Å². The van der Waals surface area contributed by atoms with E-state index in [-0.39, 0.29) is 0 Å². The average Bonchev–Trinajstić information content (AvgIpc) is 4.12. The van der Waals surface area contributed by atoms with Crippen LogP contribution in [0.25, 0.3) is 165 Å². The van der Waals surface area contributed by atoms with E-state index in [0.717, 1.165) is 55.0 Å². The fourth-order valence-electron chi connectivity index (χ4n) is 12.0. The normalized spacial score (nSPS) is 12.4. The van der Waals surface area contributed by atoms with Crippen LogP contribution in [-0.4, -0.2) is 15.5 Å². The van der Waals surface area contributed by atoms with Crippen LogP contribution in [0.1, 0.15) is 0 Å². The highest BCUT2D eigenvalue weighted by Gasteiger charge is 2.29. The Bertz CT molecular complexity index is 4480. The highest BCUT2D eigenvalue weighted by molar-refractivity contribution is 6.75. The van der Waals surface area contributed by atoms with E-state index in [0.29, 0.717) is 0 Å². The summed E-state index contributed by atoms with van der Waals surface area (Å²) in [6, 6.07) is 72.1. The molecule has 66 heavy (non-hydrogen) atoms. The number of fused-ring (bicyclic) bond motifs is 17. The van der Waals surface area contributed by atoms with Crippen molar-refractivity contribution in [3.8, 4) is 66.8 Å². The summed E-state index contributed by atoms with van der Waals surface area (Å²) in [4.78, 5) is 0. The molecule has 2 aliphatic carbocycles. The fraction of sp³-hybridized carbons (Fsp3) is 0. The monoisotopic (exact) mass is 830 g/mol. The van der Waals surface area contributed by atoms with E-state index in [1.807, 2.05) is 12.1 Å². The lowest BCUT2D eigenvalue weighted by Crippen LogP contribution is -1.92. The Labute approximate surface area is 381 Å². The molecule has 4 heteroatoms. The minimum Gasteiger partial charge on any atom is -0.456 e. The molecule has 0 saturated heterocycles. The molecule has 0 unspecified atom stereocenters. The second kappa shape index (κ2) is 13.1. The van der Waals surface area contributed by atoms with Gasteiger partial charge in [0.15, 0.2) is 0 Å². The molecule has 4 radical (unpaired) electrons. The standard InChI is InChI=1S/C62H32O2.B2/c1-3-19-55-38(13-1)40-23-21-35(27-57(40)63-55)47-29-48-37(49-30-50-42-15-5-9-33-10-6-16-43(59(33)42)51(50)31-53(47)49)25-26-45-52(48)32-54-44-17-7-11-34-12-8-18-46(60(34)44)62(54)61(45)36-22-24-41-39-14-2-4-20-56(39)64-58(41)28-36;1-2/h1-32H;. The summed E-state index contributed by atoms with van der Waals surface area (Å²) < 4.78 is 13.1. The molecular formula is C62H32B2O2. The Morgan fingerprint density at radius 2 is 0.682 bits per heavy atom. The predicted molar refractivity (Wildman–Crippen MR) is 280 cm³/mol. The van der Waals surface area contributed by atoms with Gasteiger partial charge < -0.3 is 8.83 Å². The molecule has 2 nitrogen and oxygen atoms in total. The SMILES string of the molecule is [B][B].c1cc2c3c(cccc3c1)-c1cc3c(cc1-2)c(-c1ccc2c(c1)oc1ccccc12)cc1c2cc4c(c(-c5ccc6c(c5)oc5ccccc56)c2ccc31)-c1cccc2cccc-4c12. The number of benzene rings is 12. The van der Waals surface area contributed by atoms with E-state index in [4.69, 9.17) is 8.83 Å². The first-order valence-electron chi connectivity index (χ1n) is 22.5. The maximum atomic E-state index is 6.57. The molecule has 2 heterocycles. The van der Waals surface area contributed by atoms with Crippen LogP contribution in [0, 0.1) is 0 Å². The second-order valence-electron chi connectivity index (χ2n) is 17.8. The van der Waals surface area contributed by atoms with Crippen LogP contribution in [0.3, 0.4) is 0 Å². The third-order valence-corrected chi connectivity index (χ3v) is 14.7. The van der Waals surface area contributed by atoms with Crippen molar-refractivity contribution in [2.45, 2.75) is 0 Å². The molecule has 0 bridgehead atoms. The number of para-hydroxylation sites is 2. The summed E-state index contributed by atoms with van der Waals surface area (Å²) >= 11 is 0. The summed E-state index contributed by atoms with van der Waals surface area (Å²) in [5.74, 6) is 0. The van der Waals surface area contributed by atoms with Crippen molar-refractivity contribution >= 4 is 113 Å². The van der Waals surface area contributed by atoms with Crippen molar-refractivity contribution < 1.29 is 8.83 Å². The van der Waals surface area contributed by atoms with Gasteiger partial charge in [-0.1, -0.05) is 133 Å². The second-order valence-corrected chi connectivity index (χ2v) is 17.8. The molecule has 16 rings (SSSR count). The van der Waals surface area contributed by atoms with E-state index in [1.54, 1.807) is 0 Å². The van der Waals surface area contributed by atoms with Crippen LogP contribution in [0.2, 0.25) is 0 Å². The van der Waals surface area contributed by atoms with Crippen LogP contribution in [0.15, 0.2) is 203 Å². The third-order valence-electron chi connectivity index (χ3n) is 14.7. The molecule has 0 spiro atoms. The number of hydrogen-bond acceptors (Lipinski definition) is 2. The van der Waals surface area contributed by atoms with Crippen molar-refractivity contribution in [1.82, 2.24) is 0 Å². The maximum Gasteiger partial charge on any atom is 0.136 e. The van der Waals surface area contributed by atoms with Crippen LogP contribution < -0.4 is 0 Å². The van der Waals surface area contributed by atoms with Gasteiger partial charge in [-0.25, -0.2) is 0 Å². The van der Waals surface area contributed by atoms with Crippen LogP contribution in [0.4, 0.5) is 0 Å². The largest absolute Gasteiger partial charge is 0.456 e. The van der Waals surface area contributed by atoms with Crippen molar-refractivity contribution in [2.75, 3.05) is 0 Å². The lowest BCUT2D eigenvalue weighted by molar-refractivity contribution is 0.668. The molecule has 0 amide bonds. The summed E-state index contributed by atoms with van der Waals surface area (Å²) in [5.41, 5.74) is 18.7. The van der Waals surface area contributed by atoms with E-state index in [1.165, 1.54) is 109 Å². The summed E-state index contributed by atoms with van der Waals surface area (Å²) in [6.07, 6.45) is 0. The third kappa shape index (κ3) is 4.67. The van der Waals surface area contributed by atoms with Gasteiger partial charge in [0.2, 0.25) is 0 Å². The molecule has 298 valence electrons. The van der Waals surface area contributed by atoms with Gasteiger partial charge in [0.05, 0.1) is 0 Å². The van der Waals surface area contributed by atoms with E-state index < -0.39 is 0 Å². The molecule has 0 fully saturated rings. The summed E-state index contributed by atoms with van der Waals surface area (Å²) in [7, 11) is 8.00. The molecule has 2 aromatic heterocycles. The zero-order chi connectivity index (χ0) is 43.4. The average molecular weight is 831 g/mol. The van der Waals surface area contributed by atoms with Gasteiger partial charge in [0.1, 0.15) is 22.3 Å². The molecule has 0 atom stereocenters. The van der Waals surface area contributed by atoms with Crippen molar-refractivity contribution in [3.05, 3.63) is 194 Å². The van der Waals surface area contributed by atoms with Gasteiger partial charge in [0, 0.05) is 37.0 Å². The Morgan fingerprint density at radius 3 is 1.33 bits per heavy atom. The zero-order valence-electron chi connectivity index (χ0n) is 35.4. The maximum absolute atomic E-state index is 6.57. The summed E-state index contributed by atoms with van der Waals surface area (Å²) in [6.45, 7) is 0. The number of rotatable bonds is 2. The van der Waals surface area contributed by atoms with Gasteiger partial charge in [0.25, 0.3) is 0 Å². The van der Waals surface area contributed by atoms with Gasteiger partial charge in [-0.2, -0.15) is 0 Å². The molecule has 12 aromatic carbocycles. The highest BCUT2D eigenvalue weighted by atomic mass is 16.3. The molecule has 0 saturated carbocycles. The first-order valence-corrected chi connectivity index (χ1v) is 22.5. The lowest BCUT2D eigenvalue weighted by atomic mass is 9.81. The van der Waals surface area contributed by atoms with Crippen LogP contribution in [-0.2, 0) is 0 Å². The minimum absolute atomic E-state index is 0.898. The minimum atomic E-state index is 0.898. The van der Waals surface area contributed by atoms with Crippen molar-refractivity contribution in [3.63, 3.8) is 0 Å². The highest BCUT2D eigenvalue weighted by Crippen LogP contribution is 2.56. The van der Waals surface area contributed by atoms with Crippen LogP contribution >= 0.6 is 0 Å². The van der Waals surface area contributed by atoms with E-state index >= 15 is 0 Å². The van der Waals surface area contributed by atoms with E-state index in [2.05, 4.69) is 197 Å². The van der Waals surface area contributed by atoms with Crippen molar-refractivity contribution in [1.29, 1.82) is 0 Å². The van der Waals surface area contributed by atoms with Crippen molar-refractivity contribution in [2.24, 2.45) is 0 Å². The quantitative estimate of drug-likeness (QED) is 0.128. The first kappa shape index (κ1) is 36.1. The Morgan fingerprint density at radius 1 is 0.242 bits per heavy atom. The fourth-order valence-corrected chi connectivity index (χ4v) is 12.0. The first-order chi connectivity index (χ1) is 32.7. The Hall–Kier alpha value is -8.33. The van der Waals surface area contributed by atoms with Gasteiger partial charge in [-0.15, -0.1) is 0 Å².